The zero-order chi connectivity index (χ0) is 17.6. The van der Waals surface area contributed by atoms with Crippen molar-refractivity contribution < 1.29 is 14.3 Å². The monoisotopic (exact) mass is 373 g/mol. The molecule has 1 heterocycles. The molecule has 1 aliphatic rings. The number of para-hydroxylation sites is 1. The number of hydrogen-bond acceptors (Lipinski definition) is 5. The van der Waals surface area contributed by atoms with Crippen LogP contribution in [-0.2, 0) is 4.79 Å². The Kier molecular flexibility index (Phi) is 6.04. The number of amides is 1. The maximum Gasteiger partial charge on any atom is 0.233 e. The van der Waals surface area contributed by atoms with E-state index in [1.165, 1.54) is 11.8 Å². The SMILES string of the molecule is COc1ccccc1C1SCC(=O)N1CCSC(=O)c1ccccc1. The molecule has 0 bridgehead atoms. The van der Waals surface area contributed by atoms with Gasteiger partial charge in [-0.05, 0) is 6.07 Å². The highest BCUT2D eigenvalue weighted by Gasteiger charge is 2.34. The lowest BCUT2D eigenvalue weighted by Crippen LogP contribution is -2.30. The zero-order valence-corrected chi connectivity index (χ0v) is 15.5. The van der Waals surface area contributed by atoms with E-state index < -0.39 is 0 Å². The Morgan fingerprint density at radius 2 is 1.92 bits per heavy atom. The molecule has 1 saturated heterocycles. The molecule has 0 aromatic heterocycles. The Bertz CT molecular complexity index is 751. The summed E-state index contributed by atoms with van der Waals surface area (Å²) in [6.07, 6.45) is 0. The van der Waals surface area contributed by atoms with E-state index in [1.807, 2.05) is 59.5 Å². The fourth-order valence-corrected chi connectivity index (χ4v) is 4.74. The molecule has 0 N–H and O–H groups in total. The number of carbonyl (C=O) groups excluding carboxylic acids is 2. The second kappa shape index (κ2) is 8.45. The Morgan fingerprint density at radius 3 is 2.68 bits per heavy atom. The molecule has 2 aromatic carbocycles. The number of methoxy groups -OCH3 is 1. The van der Waals surface area contributed by atoms with Crippen LogP contribution in [0, 0.1) is 0 Å². The number of nitrogens with zero attached hydrogens (tertiary/aromatic N) is 1. The van der Waals surface area contributed by atoms with Gasteiger partial charge in [-0.25, -0.2) is 0 Å². The van der Waals surface area contributed by atoms with Gasteiger partial charge in [0.25, 0.3) is 0 Å². The van der Waals surface area contributed by atoms with Gasteiger partial charge in [-0.2, -0.15) is 0 Å². The van der Waals surface area contributed by atoms with E-state index in [0.717, 1.165) is 11.3 Å². The van der Waals surface area contributed by atoms with Crippen LogP contribution in [0.4, 0.5) is 0 Å². The van der Waals surface area contributed by atoms with Crippen molar-refractivity contribution in [2.24, 2.45) is 0 Å². The van der Waals surface area contributed by atoms with Crippen LogP contribution in [0.25, 0.3) is 0 Å². The van der Waals surface area contributed by atoms with Crippen molar-refractivity contribution in [2.75, 3.05) is 25.2 Å². The number of ether oxygens (including phenoxy) is 1. The molecule has 1 fully saturated rings. The molecule has 0 aliphatic carbocycles. The van der Waals surface area contributed by atoms with Gasteiger partial charge in [-0.1, -0.05) is 60.3 Å². The summed E-state index contributed by atoms with van der Waals surface area (Å²) in [7, 11) is 1.64. The first-order chi connectivity index (χ1) is 12.2. The van der Waals surface area contributed by atoms with Gasteiger partial charge < -0.3 is 9.64 Å². The quantitative estimate of drug-likeness (QED) is 0.770. The van der Waals surface area contributed by atoms with Crippen LogP contribution in [0.5, 0.6) is 5.75 Å². The van der Waals surface area contributed by atoms with Gasteiger partial charge in [0.15, 0.2) is 0 Å². The van der Waals surface area contributed by atoms with Crippen molar-refractivity contribution in [3.05, 3.63) is 65.7 Å². The van der Waals surface area contributed by atoms with Crippen molar-refractivity contribution >= 4 is 34.5 Å². The molecular weight excluding hydrogens is 354 g/mol. The minimum Gasteiger partial charge on any atom is -0.496 e. The Balaban J connectivity index is 1.64. The first-order valence-electron chi connectivity index (χ1n) is 7.97. The second-order valence-electron chi connectivity index (χ2n) is 5.49. The number of carbonyl (C=O) groups is 2. The van der Waals surface area contributed by atoms with E-state index in [1.54, 1.807) is 18.9 Å². The van der Waals surface area contributed by atoms with Crippen LogP contribution in [0.2, 0.25) is 0 Å². The van der Waals surface area contributed by atoms with Crippen LogP contribution in [-0.4, -0.2) is 41.1 Å². The molecule has 130 valence electrons. The lowest BCUT2D eigenvalue weighted by atomic mass is 10.2. The minimum atomic E-state index is -0.0592. The van der Waals surface area contributed by atoms with E-state index >= 15 is 0 Å². The van der Waals surface area contributed by atoms with Crippen LogP contribution in [0.15, 0.2) is 54.6 Å². The van der Waals surface area contributed by atoms with E-state index in [9.17, 15) is 9.59 Å². The maximum absolute atomic E-state index is 12.3. The Hall–Kier alpha value is -1.92. The highest BCUT2D eigenvalue weighted by atomic mass is 32.2. The molecule has 2 aromatic rings. The Labute approximate surface area is 155 Å². The summed E-state index contributed by atoms with van der Waals surface area (Å²) in [5.41, 5.74) is 1.69. The van der Waals surface area contributed by atoms with Gasteiger partial charge in [-0.3, -0.25) is 9.59 Å². The van der Waals surface area contributed by atoms with Crippen molar-refractivity contribution in [1.29, 1.82) is 0 Å². The highest BCUT2D eigenvalue weighted by molar-refractivity contribution is 8.14. The first kappa shape index (κ1) is 17.9. The molecule has 0 saturated carbocycles. The van der Waals surface area contributed by atoms with Crippen molar-refractivity contribution in [3.63, 3.8) is 0 Å². The average molecular weight is 373 g/mol. The zero-order valence-electron chi connectivity index (χ0n) is 13.9. The van der Waals surface area contributed by atoms with E-state index in [4.69, 9.17) is 4.74 Å². The molecule has 1 atom stereocenters. The third kappa shape index (κ3) is 4.19. The van der Waals surface area contributed by atoms with E-state index in [0.29, 0.717) is 23.6 Å². The van der Waals surface area contributed by atoms with Gasteiger partial charge in [0.05, 0.1) is 12.9 Å². The lowest BCUT2D eigenvalue weighted by Gasteiger charge is -2.25. The summed E-state index contributed by atoms with van der Waals surface area (Å²) >= 11 is 2.85. The fourth-order valence-electron chi connectivity index (χ4n) is 2.72. The average Bonchev–Trinajstić information content (AvgIpc) is 3.03. The summed E-state index contributed by atoms with van der Waals surface area (Å²) in [6.45, 7) is 0.539. The molecule has 6 heteroatoms. The van der Waals surface area contributed by atoms with Gasteiger partial charge >= 0.3 is 0 Å². The van der Waals surface area contributed by atoms with Gasteiger partial charge in [-0.15, -0.1) is 11.8 Å². The second-order valence-corrected chi connectivity index (χ2v) is 7.63. The van der Waals surface area contributed by atoms with Gasteiger partial charge in [0.1, 0.15) is 11.1 Å². The lowest BCUT2D eigenvalue weighted by molar-refractivity contribution is -0.127. The molecule has 0 radical (unpaired) electrons. The fraction of sp³-hybridized carbons (Fsp3) is 0.263. The van der Waals surface area contributed by atoms with Gasteiger partial charge in [0, 0.05) is 23.4 Å². The molecule has 0 spiro atoms. The molecule has 3 rings (SSSR count). The van der Waals surface area contributed by atoms with Crippen LogP contribution >= 0.6 is 23.5 Å². The number of rotatable bonds is 6. The summed E-state index contributed by atoms with van der Waals surface area (Å²) in [5.74, 6) is 1.92. The summed E-state index contributed by atoms with van der Waals surface area (Å²) in [4.78, 5) is 26.3. The molecule has 4 nitrogen and oxygen atoms in total. The maximum atomic E-state index is 12.3. The molecular formula is C19H19NO3S2. The van der Waals surface area contributed by atoms with Crippen molar-refractivity contribution in [2.45, 2.75) is 5.37 Å². The molecule has 1 aliphatic heterocycles. The van der Waals surface area contributed by atoms with Crippen LogP contribution in [0.1, 0.15) is 21.3 Å². The summed E-state index contributed by atoms with van der Waals surface area (Å²) in [6, 6.07) is 17.0. The van der Waals surface area contributed by atoms with Gasteiger partial charge in [0.2, 0.25) is 11.0 Å². The number of thioether (sulfide) groups is 2. The van der Waals surface area contributed by atoms with Crippen LogP contribution in [0.3, 0.4) is 0 Å². The summed E-state index contributed by atoms with van der Waals surface area (Å²) in [5, 5.41) is -0.0233. The highest BCUT2D eigenvalue weighted by Crippen LogP contribution is 2.42. The number of hydrogen-bond donors (Lipinski definition) is 0. The van der Waals surface area contributed by atoms with Crippen molar-refractivity contribution in [3.8, 4) is 5.75 Å². The predicted octanol–water partition coefficient (Wildman–Crippen LogP) is 3.84. The first-order valence-corrected chi connectivity index (χ1v) is 10.0. The molecule has 1 unspecified atom stereocenters. The van der Waals surface area contributed by atoms with E-state index in [-0.39, 0.29) is 16.4 Å². The van der Waals surface area contributed by atoms with Crippen molar-refractivity contribution in [1.82, 2.24) is 4.90 Å². The number of benzene rings is 2. The standard InChI is InChI=1S/C19H19NO3S2/c1-23-16-10-6-5-9-15(16)18-20(17(21)13-25-18)11-12-24-19(22)14-7-3-2-4-8-14/h2-10,18H,11-13H2,1H3. The largest absolute Gasteiger partial charge is 0.496 e. The Morgan fingerprint density at radius 1 is 1.20 bits per heavy atom. The molecule has 1 amide bonds. The van der Waals surface area contributed by atoms with E-state index in [2.05, 4.69) is 0 Å². The predicted molar refractivity (Wildman–Crippen MR) is 103 cm³/mol. The smallest absolute Gasteiger partial charge is 0.233 e. The third-order valence-electron chi connectivity index (χ3n) is 3.95. The third-order valence-corrected chi connectivity index (χ3v) is 6.07. The summed E-state index contributed by atoms with van der Waals surface area (Å²) < 4.78 is 5.43. The molecule has 25 heavy (non-hydrogen) atoms. The normalized spacial score (nSPS) is 16.9. The minimum absolute atomic E-state index is 0.0359. The van der Waals surface area contributed by atoms with Crippen LogP contribution < -0.4 is 4.74 Å². The topological polar surface area (TPSA) is 46.6 Å².